The molecule has 2 aliphatic rings. The average molecular weight is 473 g/mol. The summed E-state index contributed by atoms with van der Waals surface area (Å²) in [5.74, 6) is 2.88. The summed E-state index contributed by atoms with van der Waals surface area (Å²) in [6.07, 6.45) is 4.69. The van der Waals surface area contributed by atoms with Crippen LogP contribution in [0.3, 0.4) is 0 Å². The lowest BCUT2D eigenvalue weighted by Gasteiger charge is -2.55. The second-order valence-corrected chi connectivity index (χ2v) is 9.07. The molecule has 10 nitrogen and oxygen atoms in total. The van der Waals surface area contributed by atoms with Gasteiger partial charge in [-0.05, 0) is 45.0 Å². The van der Waals surface area contributed by atoms with Gasteiger partial charge in [0, 0.05) is 35.8 Å². The summed E-state index contributed by atoms with van der Waals surface area (Å²) in [6.45, 7) is 9.90. The van der Waals surface area contributed by atoms with Gasteiger partial charge in [-0.1, -0.05) is 0 Å². The van der Waals surface area contributed by atoms with Crippen molar-refractivity contribution in [2.45, 2.75) is 39.3 Å². The molecule has 1 aromatic carbocycles. The summed E-state index contributed by atoms with van der Waals surface area (Å²) in [7, 11) is 0. The maximum absolute atomic E-state index is 5.94. The van der Waals surface area contributed by atoms with Crippen molar-refractivity contribution in [2.75, 3.05) is 36.5 Å². The molecule has 0 radical (unpaired) electrons. The number of benzene rings is 1. The highest BCUT2D eigenvalue weighted by molar-refractivity contribution is 5.90. The predicted octanol–water partition coefficient (Wildman–Crippen LogP) is 3.73. The summed E-state index contributed by atoms with van der Waals surface area (Å²) < 4.78 is 13.7. The molecule has 0 unspecified atom stereocenters. The van der Waals surface area contributed by atoms with Crippen molar-refractivity contribution in [1.29, 1.82) is 0 Å². The van der Waals surface area contributed by atoms with Gasteiger partial charge in [0.1, 0.15) is 23.2 Å². The van der Waals surface area contributed by atoms with Crippen LogP contribution in [0, 0.1) is 6.92 Å². The van der Waals surface area contributed by atoms with Crippen molar-refractivity contribution in [2.24, 2.45) is 0 Å². The van der Waals surface area contributed by atoms with Gasteiger partial charge in [0.2, 0.25) is 5.95 Å². The number of hydrogen-bond acceptors (Lipinski definition) is 9. The molecule has 0 amide bonds. The molecule has 10 heteroatoms. The van der Waals surface area contributed by atoms with E-state index in [1.54, 1.807) is 6.33 Å². The summed E-state index contributed by atoms with van der Waals surface area (Å²) in [5, 5.41) is 12.6. The van der Waals surface area contributed by atoms with E-state index in [1.165, 1.54) is 0 Å². The summed E-state index contributed by atoms with van der Waals surface area (Å²) in [5.41, 5.74) is 3.51. The van der Waals surface area contributed by atoms with Crippen LogP contribution < -0.4 is 15.0 Å². The molecule has 2 fully saturated rings. The Balaban J connectivity index is 1.32. The van der Waals surface area contributed by atoms with Crippen LogP contribution in [0.25, 0.3) is 22.3 Å². The predicted molar refractivity (Wildman–Crippen MR) is 133 cm³/mol. The van der Waals surface area contributed by atoms with Crippen LogP contribution in [-0.2, 0) is 11.3 Å². The Kier molecular flexibility index (Phi) is 5.25. The number of nitrogens with one attached hydrogen (secondary N) is 1. The number of aryl methyl sites for hydroxylation is 2. The van der Waals surface area contributed by atoms with Crippen LogP contribution in [-0.4, -0.2) is 61.6 Å². The molecule has 3 aromatic heterocycles. The summed E-state index contributed by atoms with van der Waals surface area (Å²) in [4.78, 5) is 16.5. The fraction of sp³-hybridized carbons (Fsp3) is 0.400. The van der Waals surface area contributed by atoms with Crippen molar-refractivity contribution in [3.8, 4) is 17.1 Å². The van der Waals surface area contributed by atoms with Crippen LogP contribution in [0.15, 0.2) is 36.8 Å². The minimum absolute atomic E-state index is 0.0159. The van der Waals surface area contributed by atoms with Gasteiger partial charge in [-0.15, -0.1) is 10.2 Å². The minimum Gasteiger partial charge on any atom is -0.492 e. The maximum Gasteiger partial charge on any atom is 0.227 e. The largest absolute Gasteiger partial charge is 0.492 e. The van der Waals surface area contributed by atoms with E-state index in [0.717, 1.165) is 72.2 Å². The van der Waals surface area contributed by atoms with E-state index in [2.05, 4.69) is 32.3 Å². The monoisotopic (exact) mass is 472 g/mol. The highest BCUT2D eigenvalue weighted by Crippen LogP contribution is 2.40. The second-order valence-electron chi connectivity index (χ2n) is 9.07. The first-order valence-corrected chi connectivity index (χ1v) is 12.0. The molecule has 1 spiro atoms. The Labute approximate surface area is 203 Å². The van der Waals surface area contributed by atoms with E-state index in [4.69, 9.17) is 19.4 Å². The van der Waals surface area contributed by atoms with E-state index in [9.17, 15) is 0 Å². The fourth-order valence-corrected chi connectivity index (χ4v) is 4.74. The first-order chi connectivity index (χ1) is 17.1. The first-order valence-electron chi connectivity index (χ1n) is 12.0. The number of aromatic nitrogens is 6. The van der Waals surface area contributed by atoms with Crippen LogP contribution in [0.2, 0.25) is 0 Å². The third-order valence-electron chi connectivity index (χ3n) is 6.64. The van der Waals surface area contributed by atoms with E-state index >= 15 is 0 Å². The minimum atomic E-state index is 0.0159. The Morgan fingerprint density at radius 1 is 1.17 bits per heavy atom. The van der Waals surface area contributed by atoms with Gasteiger partial charge in [-0.25, -0.2) is 15.0 Å². The molecule has 6 rings (SSSR count). The Morgan fingerprint density at radius 3 is 2.77 bits per heavy atom. The number of ether oxygens (including phenoxy) is 2. The highest BCUT2D eigenvalue weighted by Gasteiger charge is 2.50. The third-order valence-corrected chi connectivity index (χ3v) is 6.64. The summed E-state index contributed by atoms with van der Waals surface area (Å²) in [6, 6.07) is 7.94. The van der Waals surface area contributed by atoms with Crippen molar-refractivity contribution in [1.82, 2.24) is 29.7 Å². The first kappa shape index (κ1) is 21.7. The molecule has 0 bridgehead atoms. The van der Waals surface area contributed by atoms with Gasteiger partial charge in [-0.3, -0.25) is 0 Å². The second kappa shape index (κ2) is 8.46. The topological polar surface area (TPSA) is 103 Å². The standard InChI is InChI=1S/C25H28N8O2/c1-4-32-15-27-31-22(32)17-6-7-19(20(11-17)34-5-2)29-24-26-12-18-10-16(3)28-23(21(18)30-24)33-13-25(14-33)8-9-35-25/h6-7,10-12,15H,4-5,8-9,13-14H2,1-3H3,(H,26,29,30). The number of pyridine rings is 1. The Bertz CT molecular complexity index is 1390. The van der Waals surface area contributed by atoms with Gasteiger partial charge in [0.15, 0.2) is 11.6 Å². The normalized spacial score (nSPS) is 16.3. The lowest BCUT2D eigenvalue weighted by Crippen LogP contribution is -2.68. The Hall–Kier alpha value is -3.79. The zero-order valence-electron chi connectivity index (χ0n) is 20.2. The van der Waals surface area contributed by atoms with E-state index in [1.807, 2.05) is 48.9 Å². The van der Waals surface area contributed by atoms with Crippen LogP contribution in [0.5, 0.6) is 5.75 Å². The molecular formula is C25H28N8O2. The molecule has 5 heterocycles. The van der Waals surface area contributed by atoms with Crippen LogP contribution in [0.4, 0.5) is 17.5 Å². The molecular weight excluding hydrogens is 444 g/mol. The van der Waals surface area contributed by atoms with E-state index in [0.29, 0.717) is 18.3 Å². The zero-order valence-corrected chi connectivity index (χ0v) is 20.2. The van der Waals surface area contributed by atoms with Crippen LogP contribution >= 0.6 is 0 Å². The Morgan fingerprint density at radius 2 is 2.03 bits per heavy atom. The molecule has 0 saturated carbocycles. The lowest BCUT2D eigenvalue weighted by molar-refractivity contribution is -0.161. The van der Waals surface area contributed by atoms with Crippen molar-refractivity contribution < 1.29 is 9.47 Å². The quantitative estimate of drug-likeness (QED) is 0.431. The molecule has 4 aromatic rings. The highest BCUT2D eigenvalue weighted by atomic mass is 16.5. The van der Waals surface area contributed by atoms with Gasteiger partial charge in [0.05, 0.1) is 32.0 Å². The summed E-state index contributed by atoms with van der Waals surface area (Å²) >= 11 is 0. The molecule has 0 atom stereocenters. The third kappa shape index (κ3) is 3.83. The number of hydrogen-bond donors (Lipinski definition) is 1. The lowest BCUT2D eigenvalue weighted by atomic mass is 9.86. The number of nitrogens with zero attached hydrogens (tertiary/aromatic N) is 7. The molecule has 2 saturated heterocycles. The smallest absolute Gasteiger partial charge is 0.227 e. The van der Waals surface area contributed by atoms with Gasteiger partial charge in [0.25, 0.3) is 0 Å². The van der Waals surface area contributed by atoms with Crippen LogP contribution in [0.1, 0.15) is 26.0 Å². The molecule has 0 aliphatic carbocycles. The van der Waals surface area contributed by atoms with Crippen molar-refractivity contribution in [3.63, 3.8) is 0 Å². The van der Waals surface area contributed by atoms with Gasteiger partial charge >= 0.3 is 0 Å². The van der Waals surface area contributed by atoms with E-state index < -0.39 is 0 Å². The average Bonchev–Trinajstić information content (AvgIpc) is 3.28. The molecule has 1 N–H and O–H groups in total. The number of fused-ring (bicyclic) bond motifs is 1. The number of rotatable bonds is 7. The number of anilines is 3. The SMILES string of the molecule is CCOc1cc(-c2nncn2CC)ccc1Nc1ncc2cc(C)nc(N3CC4(CCO4)C3)c2n1. The van der Waals surface area contributed by atoms with E-state index in [-0.39, 0.29) is 5.60 Å². The maximum atomic E-state index is 5.94. The fourth-order valence-electron chi connectivity index (χ4n) is 4.74. The van der Waals surface area contributed by atoms with Gasteiger partial charge in [-0.2, -0.15) is 0 Å². The zero-order chi connectivity index (χ0) is 24.0. The van der Waals surface area contributed by atoms with Gasteiger partial charge < -0.3 is 24.3 Å². The van der Waals surface area contributed by atoms with Crippen molar-refractivity contribution in [3.05, 3.63) is 42.5 Å². The van der Waals surface area contributed by atoms with Crippen molar-refractivity contribution >= 4 is 28.4 Å². The molecule has 180 valence electrons. The molecule has 2 aliphatic heterocycles. The molecule has 35 heavy (non-hydrogen) atoms.